The number of esters is 1. The fourth-order valence-electron chi connectivity index (χ4n) is 4.79. The molecule has 0 radical (unpaired) electrons. The first-order chi connectivity index (χ1) is 19.9. The summed E-state index contributed by atoms with van der Waals surface area (Å²) in [5.41, 5.74) is 0.822. The summed E-state index contributed by atoms with van der Waals surface area (Å²) < 4.78 is 18.0. The maximum absolute atomic E-state index is 14.0. The van der Waals surface area contributed by atoms with Gasteiger partial charge in [0.15, 0.2) is 16.3 Å². The molecule has 0 unspecified atom stereocenters. The number of aromatic hydroxyl groups is 1. The van der Waals surface area contributed by atoms with E-state index in [4.69, 9.17) is 19.2 Å². The SMILES string of the molecule is CCOC(=O)C1=C(c2ccccc2)N=c2sc(=Cc3cccc([N+](=O)[O-])c3O)c(=O)n2[C@@H]1c1ccc2c(c1)OCO2. The minimum atomic E-state index is -0.948. The van der Waals surface area contributed by atoms with Gasteiger partial charge in [-0.05, 0) is 30.7 Å². The molecule has 6 rings (SSSR count). The molecule has 4 aromatic rings. The number of carbonyl (C=O) groups is 1. The van der Waals surface area contributed by atoms with E-state index >= 15 is 0 Å². The summed E-state index contributed by atoms with van der Waals surface area (Å²) >= 11 is 1.03. The smallest absolute Gasteiger partial charge is 0.338 e. The molecule has 12 heteroatoms. The van der Waals surface area contributed by atoms with Crippen molar-refractivity contribution in [2.45, 2.75) is 13.0 Å². The Bertz CT molecular complexity index is 1930. The van der Waals surface area contributed by atoms with Crippen molar-refractivity contribution < 1.29 is 29.0 Å². The molecular formula is C29H21N3O8S. The number of carbonyl (C=O) groups excluding carboxylic acids is 1. The van der Waals surface area contributed by atoms with Crippen molar-refractivity contribution >= 4 is 34.8 Å². The van der Waals surface area contributed by atoms with Gasteiger partial charge in [0.25, 0.3) is 5.56 Å². The molecular weight excluding hydrogens is 550 g/mol. The highest BCUT2D eigenvalue weighted by Crippen LogP contribution is 2.40. The topological polar surface area (TPSA) is 142 Å². The van der Waals surface area contributed by atoms with Crippen molar-refractivity contribution in [3.63, 3.8) is 0 Å². The Labute approximate surface area is 235 Å². The molecule has 0 amide bonds. The van der Waals surface area contributed by atoms with E-state index in [9.17, 15) is 24.8 Å². The molecule has 0 saturated heterocycles. The van der Waals surface area contributed by atoms with E-state index in [0.29, 0.717) is 33.1 Å². The van der Waals surface area contributed by atoms with E-state index in [1.165, 1.54) is 28.8 Å². The molecule has 1 aromatic heterocycles. The maximum atomic E-state index is 14.0. The van der Waals surface area contributed by atoms with Gasteiger partial charge in [0.1, 0.15) is 0 Å². The number of aromatic nitrogens is 1. The molecule has 0 bridgehead atoms. The zero-order valence-corrected chi connectivity index (χ0v) is 22.3. The summed E-state index contributed by atoms with van der Waals surface area (Å²) in [6.45, 7) is 1.84. The summed E-state index contributed by atoms with van der Waals surface area (Å²) in [6, 6.07) is 17.4. The zero-order valence-electron chi connectivity index (χ0n) is 21.5. The molecule has 0 spiro atoms. The summed E-state index contributed by atoms with van der Waals surface area (Å²) in [5, 5.41) is 21.8. The number of nitro groups is 1. The highest BCUT2D eigenvalue weighted by Gasteiger charge is 2.36. The average molecular weight is 572 g/mol. The van der Waals surface area contributed by atoms with Gasteiger partial charge in [0, 0.05) is 17.2 Å². The van der Waals surface area contributed by atoms with Crippen LogP contribution in [0.1, 0.15) is 29.7 Å². The lowest BCUT2D eigenvalue weighted by atomic mass is 9.93. The van der Waals surface area contributed by atoms with Crippen LogP contribution >= 0.6 is 11.3 Å². The van der Waals surface area contributed by atoms with Crippen LogP contribution < -0.4 is 24.4 Å². The molecule has 2 aliphatic heterocycles. The van der Waals surface area contributed by atoms with Crippen molar-refractivity contribution in [3.8, 4) is 17.2 Å². The van der Waals surface area contributed by atoms with Crippen LogP contribution in [-0.4, -0.2) is 34.0 Å². The number of hydrogen-bond acceptors (Lipinski definition) is 10. The number of fused-ring (bicyclic) bond motifs is 2. The van der Waals surface area contributed by atoms with Gasteiger partial charge in [0.2, 0.25) is 12.5 Å². The molecule has 3 aromatic carbocycles. The summed E-state index contributed by atoms with van der Waals surface area (Å²) in [6.07, 6.45) is 1.37. The first kappa shape index (κ1) is 26.0. The van der Waals surface area contributed by atoms with Crippen LogP contribution in [0.3, 0.4) is 0 Å². The molecule has 0 aliphatic carbocycles. The number of hydrogen-bond donors (Lipinski definition) is 1. The quantitative estimate of drug-likeness (QED) is 0.211. The van der Waals surface area contributed by atoms with Crippen LogP contribution in [0, 0.1) is 10.1 Å². The van der Waals surface area contributed by atoms with E-state index < -0.39 is 33.9 Å². The highest BCUT2D eigenvalue weighted by atomic mass is 32.1. The van der Waals surface area contributed by atoms with Crippen LogP contribution in [-0.2, 0) is 9.53 Å². The lowest BCUT2D eigenvalue weighted by Crippen LogP contribution is -2.40. The maximum Gasteiger partial charge on any atom is 0.338 e. The predicted octanol–water partition coefficient (Wildman–Crippen LogP) is 3.28. The third kappa shape index (κ3) is 4.53. The van der Waals surface area contributed by atoms with Crippen molar-refractivity contribution in [1.29, 1.82) is 0 Å². The number of phenols is 1. The van der Waals surface area contributed by atoms with E-state index in [1.807, 2.05) is 30.3 Å². The molecule has 0 fully saturated rings. The first-order valence-electron chi connectivity index (χ1n) is 12.5. The summed E-state index contributed by atoms with van der Waals surface area (Å²) in [4.78, 5) is 43.2. The average Bonchev–Trinajstić information content (AvgIpc) is 3.57. The van der Waals surface area contributed by atoms with Gasteiger partial charge >= 0.3 is 11.7 Å². The Balaban J connectivity index is 1.65. The first-order valence-corrected chi connectivity index (χ1v) is 13.3. The molecule has 0 saturated carbocycles. The Kier molecular flexibility index (Phi) is 6.59. The number of rotatable bonds is 6. The fourth-order valence-corrected chi connectivity index (χ4v) is 5.78. The molecule has 2 aliphatic rings. The zero-order chi connectivity index (χ0) is 28.7. The van der Waals surface area contributed by atoms with E-state index in [-0.39, 0.29) is 29.1 Å². The van der Waals surface area contributed by atoms with Gasteiger partial charge in [-0.3, -0.25) is 19.5 Å². The van der Waals surface area contributed by atoms with Gasteiger partial charge in [-0.1, -0.05) is 59.9 Å². The molecule has 11 nitrogen and oxygen atoms in total. The standard InChI is InChI=1S/C29H21N3O8S/c1-2-38-28(35)23-24(16-7-4-3-5-8-16)30-29-31(25(23)17-11-12-20-21(13-17)40-15-39-20)27(34)22(41-29)14-18-9-6-10-19(26(18)33)32(36)37/h3-14,25,33H,2,15H2,1H3/t25-/m1/s1. The molecule has 41 heavy (non-hydrogen) atoms. The lowest BCUT2D eigenvalue weighted by Gasteiger charge is -2.26. The fraction of sp³-hybridized carbons (Fsp3) is 0.138. The number of nitro benzene ring substituents is 1. The normalized spacial score (nSPS) is 15.8. The van der Waals surface area contributed by atoms with Crippen LogP contribution in [0.4, 0.5) is 5.69 Å². The van der Waals surface area contributed by atoms with Crippen LogP contribution in [0.5, 0.6) is 17.2 Å². The Morgan fingerprint density at radius 3 is 2.71 bits per heavy atom. The second kappa shape index (κ2) is 10.4. The second-order valence-corrected chi connectivity index (χ2v) is 10.0. The van der Waals surface area contributed by atoms with E-state index in [0.717, 1.165) is 11.3 Å². The van der Waals surface area contributed by atoms with Crippen molar-refractivity contribution in [2.75, 3.05) is 13.4 Å². The number of nitrogens with zero attached hydrogens (tertiary/aromatic N) is 3. The monoisotopic (exact) mass is 571 g/mol. The van der Waals surface area contributed by atoms with Crippen LogP contribution in [0.2, 0.25) is 0 Å². The van der Waals surface area contributed by atoms with Gasteiger partial charge in [-0.25, -0.2) is 9.79 Å². The Morgan fingerprint density at radius 1 is 1.17 bits per heavy atom. The number of thiazole rings is 1. The number of para-hydroxylation sites is 1. The van der Waals surface area contributed by atoms with E-state index in [2.05, 4.69) is 0 Å². The highest BCUT2D eigenvalue weighted by molar-refractivity contribution is 7.07. The second-order valence-electron chi connectivity index (χ2n) is 9.02. The Morgan fingerprint density at radius 2 is 1.95 bits per heavy atom. The van der Waals surface area contributed by atoms with Crippen molar-refractivity contribution in [2.24, 2.45) is 4.99 Å². The lowest BCUT2D eigenvalue weighted by molar-refractivity contribution is -0.385. The van der Waals surface area contributed by atoms with Gasteiger partial charge < -0.3 is 19.3 Å². The van der Waals surface area contributed by atoms with Crippen molar-refractivity contribution in [3.05, 3.63) is 119 Å². The number of benzene rings is 3. The summed E-state index contributed by atoms with van der Waals surface area (Å²) in [7, 11) is 0. The number of ether oxygens (including phenoxy) is 3. The third-order valence-electron chi connectivity index (χ3n) is 6.62. The third-order valence-corrected chi connectivity index (χ3v) is 7.60. The van der Waals surface area contributed by atoms with E-state index in [1.54, 1.807) is 25.1 Å². The summed E-state index contributed by atoms with van der Waals surface area (Å²) in [5.74, 6) is -0.198. The Hall–Kier alpha value is -5.23. The number of phenolic OH excluding ortho intramolecular Hbond substituents is 1. The molecule has 1 atom stereocenters. The van der Waals surface area contributed by atoms with Crippen molar-refractivity contribution in [1.82, 2.24) is 4.57 Å². The van der Waals surface area contributed by atoms with Gasteiger partial charge in [-0.2, -0.15) is 0 Å². The largest absolute Gasteiger partial charge is 0.502 e. The molecule has 3 heterocycles. The molecule has 206 valence electrons. The van der Waals surface area contributed by atoms with Gasteiger partial charge in [-0.15, -0.1) is 0 Å². The van der Waals surface area contributed by atoms with Crippen LogP contribution in [0.25, 0.3) is 11.8 Å². The van der Waals surface area contributed by atoms with Gasteiger partial charge in [0.05, 0.1) is 33.4 Å². The minimum absolute atomic E-state index is 0.0457. The minimum Gasteiger partial charge on any atom is -0.502 e. The molecule has 1 N–H and O–H groups in total. The van der Waals surface area contributed by atoms with Crippen LogP contribution in [0.15, 0.2) is 82.1 Å². The predicted molar refractivity (Wildman–Crippen MR) is 148 cm³/mol.